The summed E-state index contributed by atoms with van der Waals surface area (Å²) >= 11 is 0. The molecule has 4 rings (SSSR count). The number of ether oxygens (including phenoxy) is 1. The Morgan fingerprint density at radius 3 is 2.63 bits per heavy atom. The van der Waals surface area contributed by atoms with Crippen LogP contribution < -0.4 is 15.2 Å². The van der Waals surface area contributed by atoms with E-state index >= 15 is 0 Å². The van der Waals surface area contributed by atoms with Crippen LogP contribution in [0.4, 0.5) is 19.0 Å². The predicted octanol–water partition coefficient (Wildman–Crippen LogP) is 3.74. The van der Waals surface area contributed by atoms with E-state index in [0.717, 1.165) is 6.07 Å². The van der Waals surface area contributed by atoms with Gasteiger partial charge in [0.05, 0.1) is 29.9 Å². The van der Waals surface area contributed by atoms with Gasteiger partial charge < -0.3 is 9.64 Å². The first-order valence-electron chi connectivity index (χ1n) is 9.67. The molecule has 158 valence electrons. The van der Waals surface area contributed by atoms with Crippen LogP contribution in [-0.2, 0) is 12.7 Å². The molecule has 0 unspecified atom stereocenters. The fourth-order valence-corrected chi connectivity index (χ4v) is 3.87. The lowest BCUT2D eigenvalue weighted by molar-refractivity contribution is -0.137. The molecule has 0 spiro atoms. The van der Waals surface area contributed by atoms with Crippen molar-refractivity contribution in [2.75, 3.05) is 25.1 Å². The van der Waals surface area contributed by atoms with Gasteiger partial charge in [-0.15, -0.1) is 0 Å². The Bertz CT molecular complexity index is 1110. The molecular formula is C21H21F3N4O2. The van der Waals surface area contributed by atoms with Crippen LogP contribution in [0, 0.1) is 5.92 Å². The van der Waals surface area contributed by atoms with E-state index in [0.29, 0.717) is 49.1 Å². The number of piperidine rings is 1. The van der Waals surface area contributed by atoms with E-state index in [9.17, 15) is 18.0 Å². The summed E-state index contributed by atoms with van der Waals surface area (Å²) in [6.45, 7) is 1.39. The van der Waals surface area contributed by atoms with Crippen molar-refractivity contribution in [3.63, 3.8) is 0 Å². The van der Waals surface area contributed by atoms with Gasteiger partial charge in [0, 0.05) is 31.9 Å². The van der Waals surface area contributed by atoms with Crippen LogP contribution in [0.25, 0.3) is 10.9 Å². The highest BCUT2D eigenvalue weighted by atomic mass is 19.4. The second kappa shape index (κ2) is 7.97. The molecule has 2 aromatic heterocycles. The van der Waals surface area contributed by atoms with Gasteiger partial charge in [-0.2, -0.15) is 13.2 Å². The Kier molecular flexibility index (Phi) is 5.36. The van der Waals surface area contributed by atoms with Crippen LogP contribution in [0.15, 0.2) is 47.7 Å². The third kappa shape index (κ3) is 3.96. The van der Waals surface area contributed by atoms with Gasteiger partial charge in [-0.3, -0.25) is 9.36 Å². The number of aromatic nitrogens is 3. The number of halogens is 3. The Labute approximate surface area is 170 Å². The van der Waals surface area contributed by atoms with Crippen molar-refractivity contribution in [2.45, 2.75) is 25.6 Å². The number of rotatable bonds is 4. The van der Waals surface area contributed by atoms with Crippen LogP contribution in [-0.4, -0.2) is 34.7 Å². The molecule has 30 heavy (non-hydrogen) atoms. The maximum Gasteiger partial charge on any atom is 0.419 e. The average Bonchev–Trinajstić information content (AvgIpc) is 2.75. The molecule has 1 fully saturated rings. The summed E-state index contributed by atoms with van der Waals surface area (Å²) in [6.07, 6.45) is -0.196. The topological polar surface area (TPSA) is 60.2 Å². The van der Waals surface area contributed by atoms with E-state index in [4.69, 9.17) is 4.74 Å². The number of benzene rings is 1. The molecule has 0 aliphatic carbocycles. The van der Waals surface area contributed by atoms with Crippen LogP contribution in [0.1, 0.15) is 18.4 Å². The molecule has 1 aliphatic rings. The summed E-state index contributed by atoms with van der Waals surface area (Å²) in [6, 6.07) is 7.49. The minimum Gasteiger partial charge on any atom is -0.497 e. The number of hydrogen-bond acceptors (Lipinski definition) is 5. The molecule has 9 heteroatoms. The van der Waals surface area contributed by atoms with E-state index in [1.807, 2.05) is 0 Å². The van der Waals surface area contributed by atoms with E-state index in [-0.39, 0.29) is 17.3 Å². The van der Waals surface area contributed by atoms with Gasteiger partial charge in [-0.25, -0.2) is 9.97 Å². The zero-order chi connectivity index (χ0) is 21.3. The van der Waals surface area contributed by atoms with Gasteiger partial charge in [-0.1, -0.05) is 0 Å². The molecule has 0 amide bonds. The minimum atomic E-state index is -4.44. The number of anilines is 1. The molecule has 6 nitrogen and oxygen atoms in total. The lowest BCUT2D eigenvalue weighted by atomic mass is 9.96. The molecule has 1 saturated heterocycles. The lowest BCUT2D eigenvalue weighted by Gasteiger charge is -2.34. The maximum absolute atomic E-state index is 13.3. The van der Waals surface area contributed by atoms with Gasteiger partial charge in [0.2, 0.25) is 0 Å². The van der Waals surface area contributed by atoms with Crippen molar-refractivity contribution < 1.29 is 17.9 Å². The van der Waals surface area contributed by atoms with Crippen LogP contribution in [0.3, 0.4) is 0 Å². The predicted molar refractivity (Wildman–Crippen MR) is 107 cm³/mol. The second-order valence-electron chi connectivity index (χ2n) is 7.39. The fourth-order valence-electron chi connectivity index (χ4n) is 3.87. The molecule has 0 radical (unpaired) electrons. The van der Waals surface area contributed by atoms with Crippen molar-refractivity contribution in [1.82, 2.24) is 14.5 Å². The molecule has 0 saturated carbocycles. The Balaban J connectivity index is 1.47. The largest absolute Gasteiger partial charge is 0.497 e. The minimum absolute atomic E-state index is 0.0260. The number of nitrogens with zero attached hydrogens (tertiary/aromatic N) is 4. The summed E-state index contributed by atoms with van der Waals surface area (Å²) < 4.78 is 46.5. The van der Waals surface area contributed by atoms with Crippen molar-refractivity contribution in [3.8, 4) is 5.75 Å². The van der Waals surface area contributed by atoms with Gasteiger partial charge in [0.25, 0.3) is 5.56 Å². The van der Waals surface area contributed by atoms with E-state index in [1.54, 1.807) is 34.8 Å². The highest BCUT2D eigenvalue weighted by Crippen LogP contribution is 2.36. The molecule has 0 bridgehead atoms. The first kappa shape index (κ1) is 20.2. The molecule has 1 aromatic carbocycles. The molecule has 3 aromatic rings. The molecular weight excluding hydrogens is 397 g/mol. The highest BCUT2D eigenvalue weighted by Gasteiger charge is 2.36. The summed E-state index contributed by atoms with van der Waals surface area (Å²) in [4.78, 5) is 22.8. The first-order valence-corrected chi connectivity index (χ1v) is 9.67. The monoisotopic (exact) mass is 418 g/mol. The smallest absolute Gasteiger partial charge is 0.419 e. The number of methoxy groups -OCH3 is 1. The Hall–Kier alpha value is -3.10. The number of pyridine rings is 1. The summed E-state index contributed by atoms with van der Waals surface area (Å²) in [5, 5.41) is 0.513. The quantitative estimate of drug-likeness (QED) is 0.646. The Morgan fingerprint density at radius 2 is 1.93 bits per heavy atom. The standard InChI is InChI=1S/C21H21F3N4O2/c1-30-15-4-5-16-18(11-15)26-13-28(20(16)29)12-14-6-9-27(10-7-14)19-17(21(22,23)24)3-2-8-25-19/h2-5,8,11,13-14H,6-7,9-10,12H2,1H3. The number of fused-ring (bicyclic) bond motifs is 1. The van der Waals surface area contributed by atoms with E-state index < -0.39 is 11.7 Å². The average molecular weight is 418 g/mol. The van der Waals surface area contributed by atoms with Gasteiger partial charge in [0.15, 0.2) is 0 Å². The zero-order valence-electron chi connectivity index (χ0n) is 16.4. The van der Waals surface area contributed by atoms with Crippen molar-refractivity contribution in [2.24, 2.45) is 5.92 Å². The van der Waals surface area contributed by atoms with Crippen LogP contribution in [0.5, 0.6) is 5.75 Å². The van der Waals surface area contributed by atoms with E-state index in [1.165, 1.54) is 18.6 Å². The SMILES string of the molecule is COc1ccc2c(=O)n(CC3CCN(c4ncccc4C(F)(F)F)CC3)cnc2c1. The van der Waals surface area contributed by atoms with Gasteiger partial charge in [0.1, 0.15) is 11.6 Å². The molecule has 1 aliphatic heterocycles. The second-order valence-corrected chi connectivity index (χ2v) is 7.39. The van der Waals surface area contributed by atoms with Crippen molar-refractivity contribution in [3.05, 3.63) is 58.8 Å². The first-order chi connectivity index (χ1) is 14.4. The number of alkyl halides is 3. The fraction of sp³-hybridized carbons (Fsp3) is 0.381. The zero-order valence-corrected chi connectivity index (χ0v) is 16.4. The van der Waals surface area contributed by atoms with Gasteiger partial charge in [-0.05, 0) is 43.0 Å². The van der Waals surface area contributed by atoms with Crippen LogP contribution >= 0.6 is 0 Å². The normalized spacial score (nSPS) is 15.5. The van der Waals surface area contributed by atoms with Crippen molar-refractivity contribution in [1.29, 1.82) is 0 Å². The summed E-state index contributed by atoms with van der Waals surface area (Å²) in [5.41, 5.74) is -0.275. The highest BCUT2D eigenvalue weighted by molar-refractivity contribution is 5.78. The molecule has 0 N–H and O–H groups in total. The molecule has 3 heterocycles. The summed E-state index contributed by atoms with van der Waals surface area (Å²) in [5.74, 6) is 0.781. The van der Waals surface area contributed by atoms with Crippen molar-refractivity contribution >= 4 is 16.7 Å². The van der Waals surface area contributed by atoms with Crippen LogP contribution in [0.2, 0.25) is 0 Å². The third-order valence-electron chi connectivity index (χ3n) is 5.49. The number of hydrogen-bond donors (Lipinski definition) is 0. The third-order valence-corrected chi connectivity index (χ3v) is 5.49. The summed E-state index contributed by atoms with van der Waals surface area (Å²) in [7, 11) is 1.55. The van der Waals surface area contributed by atoms with E-state index in [2.05, 4.69) is 9.97 Å². The van der Waals surface area contributed by atoms with Gasteiger partial charge >= 0.3 is 6.18 Å². The maximum atomic E-state index is 13.3. The lowest BCUT2D eigenvalue weighted by Crippen LogP contribution is -2.37. The Morgan fingerprint density at radius 1 is 1.17 bits per heavy atom. The molecule has 0 atom stereocenters.